The number of carboxylic acid groups (broad SMARTS) is 1. The maximum atomic E-state index is 11.2. The molecule has 0 aliphatic rings. The van der Waals surface area contributed by atoms with Gasteiger partial charge in [0.05, 0.1) is 9.95 Å². The van der Waals surface area contributed by atoms with Crippen molar-refractivity contribution in [2.75, 3.05) is 0 Å². The van der Waals surface area contributed by atoms with E-state index in [0.29, 0.717) is 5.56 Å². The van der Waals surface area contributed by atoms with Crippen molar-refractivity contribution in [3.8, 4) is 11.5 Å². The van der Waals surface area contributed by atoms with Crippen molar-refractivity contribution in [1.29, 1.82) is 0 Å². The van der Waals surface area contributed by atoms with Crippen LogP contribution in [0.4, 0.5) is 5.69 Å². The minimum atomic E-state index is -1.27. The molecule has 0 aromatic heterocycles. The van der Waals surface area contributed by atoms with Crippen LogP contribution in [0, 0.1) is 17.0 Å². The fourth-order valence-corrected chi connectivity index (χ4v) is 2.02. The number of halogens is 1. The highest BCUT2D eigenvalue weighted by Gasteiger charge is 2.20. The summed E-state index contributed by atoms with van der Waals surface area (Å²) in [7, 11) is 0. The number of rotatable bonds is 4. The van der Waals surface area contributed by atoms with Gasteiger partial charge in [-0.25, -0.2) is 4.79 Å². The molecule has 0 fully saturated rings. The molecular weight excluding hydrogens is 298 g/mol. The number of carbonyl (C=O) groups is 1. The molecule has 2 aromatic rings. The lowest BCUT2D eigenvalue weighted by molar-refractivity contribution is -0.385. The number of nitro groups is 1. The minimum absolute atomic E-state index is 0.00485. The predicted octanol–water partition coefficient (Wildman–Crippen LogP) is 4.05. The Morgan fingerprint density at radius 1 is 1.29 bits per heavy atom. The van der Waals surface area contributed by atoms with Crippen LogP contribution in [-0.2, 0) is 0 Å². The lowest BCUT2D eigenvalue weighted by atomic mass is 10.2. The molecule has 0 heterocycles. The van der Waals surface area contributed by atoms with Gasteiger partial charge < -0.3 is 9.84 Å². The van der Waals surface area contributed by atoms with E-state index in [4.69, 9.17) is 21.4 Å². The second kappa shape index (κ2) is 5.80. The smallest absolute Gasteiger partial charge is 0.341 e. The molecule has 108 valence electrons. The van der Waals surface area contributed by atoms with Gasteiger partial charge in [0.1, 0.15) is 11.3 Å². The predicted molar refractivity (Wildman–Crippen MR) is 76.3 cm³/mol. The van der Waals surface area contributed by atoms with Crippen LogP contribution in [0.5, 0.6) is 11.5 Å². The summed E-state index contributed by atoms with van der Waals surface area (Å²) >= 11 is 5.82. The lowest BCUT2D eigenvalue weighted by Gasteiger charge is -2.10. The summed E-state index contributed by atoms with van der Waals surface area (Å²) in [5, 5.41) is 20.2. The van der Waals surface area contributed by atoms with Crippen LogP contribution in [0.3, 0.4) is 0 Å². The van der Waals surface area contributed by atoms with E-state index in [-0.39, 0.29) is 27.8 Å². The van der Waals surface area contributed by atoms with Gasteiger partial charge in [-0.3, -0.25) is 10.1 Å². The highest BCUT2D eigenvalue weighted by Crippen LogP contribution is 2.35. The van der Waals surface area contributed by atoms with Gasteiger partial charge in [0.15, 0.2) is 0 Å². The van der Waals surface area contributed by atoms with E-state index in [1.54, 1.807) is 13.0 Å². The Morgan fingerprint density at radius 3 is 2.62 bits per heavy atom. The fraction of sp³-hybridized carbons (Fsp3) is 0.0714. The quantitative estimate of drug-likeness (QED) is 0.680. The van der Waals surface area contributed by atoms with Crippen LogP contribution in [0.1, 0.15) is 15.9 Å². The van der Waals surface area contributed by atoms with Crippen molar-refractivity contribution in [2.24, 2.45) is 0 Å². The van der Waals surface area contributed by atoms with Gasteiger partial charge in [-0.1, -0.05) is 23.7 Å². The van der Waals surface area contributed by atoms with Crippen LogP contribution in [-0.4, -0.2) is 16.0 Å². The Hall–Kier alpha value is -2.60. The van der Waals surface area contributed by atoms with Crippen molar-refractivity contribution in [1.82, 2.24) is 0 Å². The summed E-state index contributed by atoms with van der Waals surface area (Å²) in [6.45, 7) is 1.71. The summed E-state index contributed by atoms with van der Waals surface area (Å²) in [5.74, 6) is -1.37. The third kappa shape index (κ3) is 3.11. The number of hydrogen-bond acceptors (Lipinski definition) is 4. The normalized spacial score (nSPS) is 10.2. The molecule has 6 nitrogen and oxygen atoms in total. The first kappa shape index (κ1) is 14.8. The van der Waals surface area contributed by atoms with Crippen molar-refractivity contribution in [2.45, 2.75) is 6.92 Å². The molecule has 7 heteroatoms. The monoisotopic (exact) mass is 307 g/mol. The molecule has 0 saturated carbocycles. The van der Waals surface area contributed by atoms with Gasteiger partial charge in [-0.2, -0.15) is 0 Å². The Balaban J connectivity index is 2.51. The van der Waals surface area contributed by atoms with Crippen LogP contribution in [0.25, 0.3) is 0 Å². The topological polar surface area (TPSA) is 89.7 Å². The van der Waals surface area contributed by atoms with E-state index in [1.807, 2.05) is 0 Å². The maximum Gasteiger partial charge on any atom is 0.341 e. The van der Waals surface area contributed by atoms with Crippen molar-refractivity contribution in [3.63, 3.8) is 0 Å². The largest absolute Gasteiger partial charge is 0.478 e. The van der Waals surface area contributed by atoms with Crippen molar-refractivity contribution < 1.29 is 19.6 Å². The molecule has 2 aromatic carbocycles. The Bertz CT molecular complexity index is 729. The summed E-state index contributed by atoms with van der Waals surface area (Å²) in [6, 6.07) is 8.69. The molecule has 0 unspecified atom stereocenters. The third-order valence-corrected chi connectivity index (χ3v) is 3.04. The van der Waals surface area contributed by atoms with Gasteiger partial charge >= 0.3 is 11.7 Å². The second-order valence-electron chi connectivity index (χ2n) is 4.25. The van der Waals surface area contributed by atoms with E-state index >= 15 is 0 Å². The zero-order valence-corrected chi connectivity index (χ0v) is 11.6. The average Bonchev–Trinajstić information content (AvgIpc) is 2.40. The average molecular weight is 308 g/mol. The number of nitro benzene ring substituents is 1. The van der Waals surface area contributed by atoms with Crippen molar-refractivity contribution >= 4 is 23.3 Å². The molecule has 0 aliphatic carbocycles. The van der Waals surface area contributed by atoms with Crippen LogP contribution in [0.2, 0.25) is 5.02 Å². The van der Waals surface area contributed by atoms with E-state index in [1.165, 1.54) is 30.3 Å². The standard InChI is InChI=1S/C14H10ClNO5/c1-8-5-6-11(10(7-8)16(19)20)21-12-4-2-3-9(15)13(12)14(17)18/h2-7H,1H3,(H,17,18). The SMILES string of the molecule is Cc1ccc(Oc2cccc(Cl)c2C(=O)O)c([N+](=O)[O-])c1. The summed E-state index contributed by atoms with van der Waals surface area (Å²) in [4.78, 5) is 21.7. The number of ether oxygens (including phenoxy) is 1. The number of hydrogen-bond donors (Lipinski definition) is 1. The van der Waals surface area contributed by atoms with E-state index < -0.39 is 10.9 Å². The maximum absolute atomic E-state index is 11.2. The first-order valence-corrected chi connectivity index (χ1v) is 6.22. The molecule has 0 spiro atoms. The Labute approximate surface area is 124 Å². The molecule has 0 atom stereocenters. The molecule has 0 radical (unpaired) electrons. The molecule has 0 saturated heterocycles. The zero-order chi connectivity index (χ0) is 15.6. The molecule has 21 heavy (non-hydrogen) atoms. The summed E-state index contributed by atoms with van der Waals surface area (Å²) in [5.41, 5.74) is 0.207. The van der Waals surface area contributed by atoms with Gasteiger partial charge in [-0.05, 0) is 30.7 Å². The number of benzene rings is 2. The molecule has 0 aliphatic heterocycles. The first-order chi connectivity index (χ1) is 9.90. The van der Waals surface area contributed by atoms with E-state index in [0.717, 1.165) is 0 Å². The molecular formula is C14H10ClNO5. The highest BCUT2D eigenvalue weighted by atomic mass is 35.5. The minimum Gasteiger partial charge on any atom is -0.478 e. The van der Waals surface area contributed by atoms with Crippen LogP contribution in [0.15, 0.2) is 36.4 Å². The lowest BCUT2D eigenvalue weighted by Crippen LogP contribution is -2.02. The van der Waals surface area contributed by atoms with E-state index in [9.17, 15) is 14.9 Å². The van der Waals surface area contributed by atoms with Crippen molar-refractivity contribution in [3.05, 3.63) is 62.7 Å². The number of aryl methyl sites for hydroxylation is 1. The zero-order valence-electron chi connectivity index (χ0n) is 10.9. The summed E-state index contributed by atoms with van der Waals surface area (Å²) < 4.78 is 5.39. The van der Waals surface area contributed by atoms with Crippen LogP contribution >= 0.6 is 11.6 Å². The molecule has 1 N–H and O–H groups in total. The van der Waals surface area contributed by atoms with Gasteiger partial charge in [0, 0.05) is 6.07 Å². The number of nitrogens with zero attached hydrogens (tertiary/aromatic N) is 1. The first-order valence-electron chi connectivity index (χ1n) is 5.85. The van der Waals surface area contributed by atoms with Gasteiger partial charge in [0.2, 0.25) is 5.75 Å². The molecule has 0 amide bonds. The highest BCUT2D eigenvalue weighted by molar-refractivity contribution is 6.33. The van der Waals surface area contributed by atoms with Crippen LogP contribution < -0.4 is 4.74 Å². The Kier molecular flexibility index (Phi) is 4.09. The fourth-order valence-electron chi connectivity index (χ4n) is 1.77. The van der Waals surface area contributed by atoms with E-state index in [2.05, 4.69) is 0 Å². The third-order valence-electron chi connectivity index (χ3n) is 2.72. The van der Waals surface area contributed by atoms with Gasteiger partial charge in [0.25, 0.3) is 0 Å². The van der Waals surface area contributed by atoms with Gasteiger partial charge in [-0.15, -0.1) is 0 Å². The number of carboxylic acids is 1. The Morgan fingerprint density at radius 2 is 2.00 bits per heavy atom. The molecule has 2 rings (SSSR count). The number of aromatic carboxylic acids is 1. The summed E-state index contributed by atoms with van der Waals surface area (Å²) in [6.07, 6.45) is 0. The molecule has 0 bridgehead atoms. The second-order valence-corrected chi connectivity index (χ2v) is 4.66.